The maximum atomic E-state index is 11.7. The summed E-state index contributed by atoms with van der Waals surface area (Å²) in [6.07, 6.45) is 4.44. The number of methoxy groups -OCH3 is 1. The van der Waals surface area contributed by atoms with Crippen molar-refractivity contribution in [1.29, 1.82) is 0 Å². The molecule has 1 aromatic carbocycles. The largest absolute Gasteiger partial charge is 0.464 e. The van der Waals surface area contributed by atoms with Gasteiger partial charge in [-0.25, -0.2) is 9.78 Å². The van der Waals surface area contributed by atoms with E-state index in [1.807, 2.05) is 31.2 Å². The molecule has 0 aliphatic heterocycles. The molecule has 2 aromatic rings. The first kappa shape index (κ1) is 16.8. The summed E-state index contributed by atoms with van der Waals surface area (Å²) in [6.45, 7) is 4.14. The summed E-state index contributed by atoms with van der Waals surface area (Å²) >= 11 is 0. The molecule has 0 aliphatic rings. The van der Waals surface area contributed by atoms with Crippen LogP contribution in [0.5, 0.6) is 0 Å². The number of benzene rings is 1. The van der Waals surface area contributed by atoms with Crippen LogP contribution in [-0.4, -0.2) is 18.1 Å². The smallest absolute Gasteiger partial charge is 0.356 e. The fourth-order valence-corrected chi connectivity index (χ4v) is 2.40. The molecule has 0 radical (unpaired) electrons. The summed E-state index contributed by atoms with van der Waals surface area (Å²) in [6, 6.07) is 10.1. The number of ether oxygens (including phenoxy) is 1. The molecule has 0 amide bonds. The van der Waals surface area contributed by atoms with E-state index in [0.29, 0.717) is 12.1 Å². The lowest BCUT2D eigenvalue weighted by molar-refractivity contribution is 0.0592. The molecule has 0 aliphatic carbocycles. The van der Waals surface area contributed by atoms with Crippen LogP contribution in [-0.2, 0) is 17.6 Å². The molecule has 0 spiro atoms. The van der Waals surface area contributed by atoms with Crippen molar-refractivity contribution < 1.29 is 9.53 Å². The van der Waals surface area contributed by atoms with Gasteiger partial charge in [0.15, 0.2) is 5.69 Å². The zero-order valence-electron chi connectivity index (χ0n) is 13.8. The fraction of sp³-hybridized carbons (Fsp3) is 0.300. The number of aryl methyl sites for hydroxylation is 2. The van der Waals surface area contributed by atoms with Crippen LogP contribution in [0.25, 0.3) is 0 Å². The number of carbonyl (C=O) groups is 1. The number of carbonyl (C=O) groups excluding carboxylic acids is 1. The molecule has 0 unspecified atom stereocenters. The Kier molecular flexibility index (Phi) is 5.94. The van der Waals surface area contributed by atoms with Gasteiger partial charge in [-0.05, 0) is 36.1 Å². The highest BCUT2D eigenvalue weighted by Crippen LogP contribution is 2.12. The van der Waals surface area contributed by atoms with E-state index in [0.717, 1.165) is 29.5 Å². The Balaban J connectivity index is 2.34. The van der Waals surface area contributed by atoms with Gasteiger partial charge in [-0.3, -0.25) is 0 Å². The van der Waals surface area contributed by atoms with Crippen molar-refractivity contribution in [2.75, 3.05) is 7.11 Å². The molecule has 0 fully saturated rings. The van der Waals surface area contributed by atoms with E-state index in [2.05, 4.69) is 29.8 Å². The number of rotatable bonds is 4. The summed E-state index contributed by atoms with van der Waals surface area (Å²) in [5, 5.41) is 0. The van der Waals surface area contributed by atoms with Crippen LogP contribution in [0.1, 0.15) is 53.0 Å². The molecule has 0 saturated heterocycles. The second kappa shape index (κ2) is 8.14. The molecule has 3 nitrogen and oxygen atoms in total. The SMILES string of the molecule is CCCc1ccccc1C#Cc1cnc(C(=O)OC)c(CC)c1. The van der Waals surface area contributed by atoms with Crippen molar-refractivity contribution in [2.45, 2.75) is 33.1 Å². The molecular weight excluding hydrogens is 286 g/mol. The maximum Gasteiger partial charge on any atom is 0.356 e. The van der Waals surface area contributed by atoms with E-state index in [4.69, 9.17) is 4.74 Å². The molecule has 2 rings (SSSR count). The molecular formula is C20H21NO2. The quantitative estimate of drug-likeness (QED) is 0.637. The molecule has 23 heavy (non-hydrogen) atoms. The van der Waals surface area contributed by atoms with Gasteiger partial charge in [0.2, 0.25) is 0 Å². The first-order valence-electron chi connectivity index (χ1n) is 7.86. The second-order valence-electron chi connectivity index (χ2n) is 5.23. The van der Waals surface area contributed by atoms with Crippen LogP contribution in [0.4, 0.5) is 0 Å². The lowest BCUT2D eigenvalue weighted by Crippen LogP contribution is -2.08. The molecule has 118 valence electrons. The zero-order valence-corrected chi connectivity index (χ0v) is 13.8. The highest BCUT2D eigenvalue weighted by atomic mass is 16.5. The third-order valence-corrected chi connectivity index (χ3v) is 3.60. The van der Waals surface area contributed by atoms with Crippen LogP contribution >= 0.6 is 0 Å². The van der Waals surface area contributed by atoms with E-state index < -0.39 is 5.97 Å². The Labute approximate surface area is 137 Å². The molecule has 3 heteroatoms. The van der Waals surface area contributed by atoms with Gasteiger partial charge in [0, 0.05) is 17.3 Å². The van der Waals surface area contributed by atoms with Gasteiger partial charge in [-0.2, -0.15) is 0 Å². The third-order valence-electron chi connectivity index (χ3n) is 3.60. The van der Waals surface area contributed by atoms with Gasteiger partial charge < -0.3 is 4.74 Å². The van der Waals surface area contributed by atoms with E-state index in [9.17, 15) is 4.79 Å². The number of aromatic nitrogens is 1. The van der Waals surface area contributed by atoms with E-state index >= 15 is 0 Å². The summed E-state index contributed by atoms with van der Waals surface area (Å²) in [4.78, 5) is 15.9. The highest BCUT2D eigenvalue weighted by molar-refractivity contribution is 5.88. The minimum absolute atomic E-state index is 0.368. The average molecular weight is 307 g/mol. The van der Waals surface area contributed by atoms with Crippen molar-refractivity contribution in [3.05, 3.63) is 64.5 Å². The first-order chi connectivity index (χ1) is 11.2. The summed E-state index contributed by atoms with van der Waals surface area (Å²) in [5.74, 6) is 5.97. The predicted octanol–water partition coefficient (Wildman–Crippen LogP) is 3.78. The molecule has 1 aromatic heterocycles. The van der Waals surface area contributed by atoms with Crippen LogP contribution in [0.3, 0.4) is 0 Å². The highest BCUT2D eigenvalue weighted by Gasteiger charge is 2.12. The topological polar surface area (TPSA) is 39.2 Å². The normalized spacial score (nSPS) is 9.87. The van der Waals surface area contributed by atoms with Gasteiger partial charge >= 0.3 is 5.97 Å². The molecule has 0 bridgehead atoms. The molecule has 0 atom stereocenters. The van der Waals surface area contributed by atoms with E-state index in [1.54, 1.807) is 6.20 Å². The van der Waals surface area contributed by atoms with Gasteiger partial charge in [-0.15, -0.1) is 0 Å². The van der Waals surface area contributed by atoms with Gasteiger partial charge in [-0.1, -0.05) is 50.3 Å². The van der Waals surface area contributed by atoms with Gasteiger partial charge in [0.05, 0.1) is 7.11 Å². The Morgan fingerprint density at radius 1 is 1.17 bits per heavy atom. The fourth-order valence-electron chi connectivity index (χ4n) is 2.40. The number of nitrogens with zero attached hydrogens (tertiary/aromatic N) is 1. The molecule has 0 saturated carbocycles. The monoisotopic (exact) mass is 307 g/mol. The predicted molar refractivity (Wildman–Crippen MR) is 91.4 cm³/mol. The minimum atomic E-state index is -0.408. The molecule has 1 heterocycles. The lowest BCUT2D eigenvalue weighted by Gasteiger charge is -2.05. The zero-order chi connectivity index (χ0) is 16.7. The van der Waals surface area contributed by atoms with E-state index in [1.165, 1.54) is 12.7 Å². The standard InChI is InChI=1S/C20H21NO2/c1-4-8-17-9-6-7-10-18(17)12-11-15-13-16(5-2)19(21-14-15)20(22)23-3/h6-7,9-10,13-14H,4-5,8H2,1-3H3. The van der Waals surface area contributed by atoms with Crippen molar-refractivity contribution in [3.8, 4) is 11.8 Å². The van der Waals surface area contributed by atoms with Crippen LogP contribution < -0.4 is 0 Å². The maximum absolute atomic E-state index is 11.7. The van der Waals surface area contributed by atoms with Crippen molar-refractivity contribution in [1.82, 2.24) is 4.98 Å². The summed E-state index contributed by atoms with van der Waals surface area (Å²) in [7, 11) is 1.36. The summed E-state index contributed by atoms with van der Waals surface area (Å²) < 4.78 is 4.75. The number of esters is 1. The van der Waals surface area contributed by atoms with Gasteiger partial charge in [0.25, 0.3) is 0 Å². The Bertz CT molecular complexity index is 754. The first-order valence-corrected chi connectivity index (χ1v) is 7.86. The second-order valence-corrected chi connectivity index (χ2v) is 5.23. The van der Waals surface area contributed by atoms with Gasteiger partial charge in [0.1, 0.15) is 0 Å². The van der Waals surface area contributed by atoms with Crippen LogP contribution in [0, 0.1) is 11.8 Å². The Hall–Kier alpha value is -2.60. The van der Waals surface area contributed by atoms with Crippen LogP contribution in [0.15, 0.2) is 36.5 Å². The number of hydrogen-bond acceptors (Lipinski definition) is 3. The van der Waals surface area contributed by atoms with Crippen molar-refractivity contribution >= 4 is 5.97 Å². The lowest BCUT2D eigenvalue weighted by atomic mass is 10.0. The minimum Gasteiger partial charge on any atom is -0.464 e. The summed E-state index contributed by atoms with van der Waals surface area (Å²) in [5.41, 5.74) is 4.33. The number of pyridine rings is 1. The number of hydrogen-bond donors (Lipinski definition) is 0. The van der Waals surface area contributed by atoms with Crippen molar-refractivity contribution in [3.63, 3.8) is 0 Å². The van der Waals surface area contributed by atoms with Crippen molar-refractivity contribution in [2.24, 2.45) is 0 Å². The third kappa shape index (κ3) is 4.20. The Morgan fingerprint density at radius 3 is 2.65 bits per heavy atom. The van der Waals surface area contributed by atoms with Crippen LogP contribution in [0.2, 0.25) is 0 Å². The Morgan fingerprint density at radius 2 is 1.96 bits per heavy atom. The average Bonchev–Trinajstić information content (AvgIpc) is 2.60. The molecule has 0 N–H and O–H groups in total. The van der Waals surface area contributed by atoms with E-state index in [-0.39, 0.29) is 0 Å².